The van der Waals surface area contributed by atoms with Gasteiger partial charge in [0.1, 0.15) is 0 Å². The SMILES string of the molecule is CC1=NN(c2ccccc2)CC1C1CN(c2ccccc2)N=C1C. The Morgan fingerprint density at radius 1 is 0.667 bits per heavy atom. The number of hydrogen-bond donors (Lipinski definition) is 0. The van der Waals surface area contributed by atoms with Gasteiger partial charge in [0.25, 0.3) is 0 Å². The molecule has 2 aliphatic heterocycles. The second-order valence-electron chi connectivity index (χ2n) is 6.53. The third kappa shape index (κ3) is 2.68. The Labute approximate surface area is 143 Å². The van der Waals surface area contributed by atoms with Crippen LogP contribution in [-0.2, 0) is 0 Å². The van der Waals surface area contributed by atoms with E-state index in [1.807, 2.05) is 12.1 Å². The van der Waals surface area contributed by atoms with Crippen molar-refractivity contribution in [2.45, 2.75) is 13.8 Å². The second kappa shape index (κ2) is 6.11. The van der Waals surface area contributed by atoms with E-state index in [2.05, 4.69) is 72.4 Å². The lowest BCUT2D eigenvalue weighted by Gasteiger charge is -2.22. The largest absolute Gasteiger partial charge is 0.265 e. The number of hydrazone groups is 2. The van der Waals surface area contributed by atoms with E-state index < -0.39 is 0 Å². The zero-order valence-corrected chi connectivity index (χ0v) is 14.1. The molecule has 122 valence electrons. The van der Waals surface area contributed by atoms with Gasteiger partial charge >= 0.3 is 0 Å². The molecule has 0 aliphatic carbocycles. The molecule has 4 heteroatoms. The highest BCUT2D eigenvalue weighted by Gasteiger charge is 2.37. The molecule has 0 saturated heterocycles. The van der Waals surface area contributed by atoms with Gasteiger partial charge in [0, 0.05) is 23.3 Å². The molecule has 0 radical (unpaired) electrons. The van der Waals surface area contributed by atoms with Crippen LogP contribution in [0, 0.1) is 11.8 Å². The highest BCUT2D eigenvalue weighted by Crippen LogP contribution is 2.32. The Balaban J connectivity index is 1.51. The molecule has 0 spiro atoms. The zero-order valence-electron chi connectivity index (χ0n) is 14.1. The lowest BCUT2D eigenvalue weighted by molar-refractivity contribution is 0.564. The van der Waals surface area contributed by atoms with Crippen LogP contribution in [0.25, 0.3) is 0 Å². The first kappa shape index (κ1) is 14.9. The Hall–Kier alpha value is -2.62. The van der Waals surface area contributed by atoms with Gasteiger partial charge in [0.05, 0.1) is 24.5 Å². The fraction of sp³-hybridized carbons (Fsp3) is 0.300. The molecule has 4 rings (SSSR count). The second-order valence-corrected chi connectivity index (χ2v) is 6.53. The molecular formula is C20H22N4. The lowest BCUT2D eigenvalue weighted by Crippen LogP contribution is -2.32. The van der Waals surface area contributed by atoms with E-state index in [4.69, 9.17) is 10.2 Å². The first-order chi connectivity index (χ1) is 11.7. The molecule has 0 saturated carbocycles. The van der Waals surface area contributed by atoms with E-state index in [0.29, 0.717) is 11.8 Å². The highest BCUT2D eigenvalue weighted by molar-refractivity contribution is 5.96. The first-order valence-corrected chi connectivity index (χ1v) is 8.48. The van der Waals surface area contributed by atoms with Gasteiger partial charge in [-0.25, -0.2) is 0 Å². The van der Waals surface area contributed by atoms with Gasteiger partial charge in [-0.3, -0.25) is 10.0 Å². The maximum Gasteiger partial charge on any atom is 0.0594 e. The molecule has 0 bridgehead atoms. The Morgan fingerprint density at radius 2 is 1.04 bits per heavy atom. The van der Waals surface area contributed by atoms with Crippen LogP contribution in [0.3, 0.4) is 0 Å². The average molecular weight is 318 g/mol. The highest BCUT2D eigenvalue weighted by atomic mass is 15.5. The fourth-order valence-electron chi connectivity index (χ4n) is 3.61. The van der Waals surface area contributed by atoms with Crippen molar-refractivity contribution in [2.24, 2.45) is 22.0 Å². The standard InChI is InChI=1S/C20H22N4/c1-15-19(13-23(21-15)17-9-5-3-6-10-17)20-14-24(22-16(20)2)18-11-7-4-8-12-18/h3-12,19-20H,13-14H2,1-2H3. The zero-order chi connectivity index (χ0) is 16.5. The minimum atomic E-state index is 0.419. The molecule has 2 heterocycles. The number of benzene rings is 2. The monoisotopic (exact) mass is 318 g/mol. The predicted molar refractivity (Wildman–Crippen MR) is 101 cm³/mol. The third-order valence-corrected chi connectivity index (χ3v) is 4.96. The van der Waals surface area contributed by atoms with Crippen molar-refractivity contribution in [3.63, 3.8) is 0 Å². The lowest BCUT2D eigenvalue weighted by atomic mass is 9.86. The summed E-state index contributed by atoms with van der Waals surface area (Å²) in [6, 6.07) is 20.8. The Kier molecular flexibility index (Phi) is 3.81. The van der Waals surface area contributed by atoms with Gasteiger partial charge in [0.15, 0.2) is 0 Å². The molecule has 0 N–H and O–H groups in total. The van der Waals surface area contributed by atoms with E-state index >= 15 is 0 Å². The summed E-state index contributed by atoms with van der Waals surface area (Å²) < 4.78 is 0. The summed E-state index contributed by atoms with van der Waals surface area (Å²) in [6.45, 7) is 6.14. The summed E-state index contributed by atoms with van der Waals surface area (Å²) in [7, 11) is 0. The van der Waals surface area contributed by atoms with Gasteiger partial charge in [-0.1, -0.05) is 36.4 Å². The summed E-state index contributed by atoms with van der Waals surface area (Å²) >= 11 is 0. The smallest absolute Gasteiger partial charge is 0.0594 e. The topological polar surface area (TPSA) is 31.2 Å². The number of para-hydroxylation sites is 2. The normalized spacial score (nSPS) is 23.4. The number of rotatable bonds is 3. The summed E-state index contributed by atoms with van der Waals surface area (Å²) in [6.07, 6.45) is 0. The molecule has 0 fully saturated rings. The minimum absolute atomic E-state index is 0.419. The van der Waals surface area contributed by atoms with Gasteiger partial charge in [-0.15, -0.1) is 0 Å². The molecule has 2 unspecified atom stereocenters. The maximum atomic E-state index is 4.79. The van der Waals surface area contributed by atoms with E-state index in [1.54, 1.807) is 0 Å². The molecule has 0 aromatic heterocycles. The van der Waals surface area contributed by atoms with E-state index in [-0.39, 0.29) is 0 Å². The number of anilines is 2. The molecule has 2 aromatic carbocycles. The average Bonchev–Trinajstić information content (AvgIpc) is 3.19. The van der Waals surface area contributed by atoms with Crippen LogP contribution in [0.15, 0.2) is 70.9 Å². The van der Waals surface area contributed by atoms with E-state index in [0.717, 1.165) is 24.5 Å². The molecule has 2 aromatic rings. The van der Waals surface area contributed by atoms with Gasteiger partial charge < -0.3 is 0 Å². The van der Waals surface area contributed by atoms with Crippen molar-refractivity contribution in [1.29, 1.82) is 0 Å². The first-order valence-electron chi connectivity index (χ1n) is 8.48. The number of hydrogen-bond acceptors (Lipinski definition) is 4. The molecule has 0 amide bonds. The minimum Gasteiger partial charge on any atom is -0.265 e. The van der Waals surface area contributed by atoms with Gasteiger partial charge in [-0.2, -0.15) is 10.2 Å². The van der Waals surface area contributed by atoms with Crippen LogP contribution < -0.4 is 10.0 Å². The summed E-state index contributed by atoms with van der Waals surface area (Å²) in [5, 5.41) is 13.8. The predicted octanol–water partition coefficient (Wildman–Crippen LogP) is 4.01. The third-order valence-electron chi connectivity index (χ3n) is 4.96. The van der Waals surface area contributed by atoms with E-state index in [9.17, 15) is 0 Å². The summed E-state index contributed by atoms with van der Waals surface area (Å²) in [4.78, 5) is 0. The number of nitrogens with zero attached hydrogens (tertiary/aromatic N) is 4. The van der Waals surface area contributed by atoms with Crippen LogP contribution in [0.2, 0.25) is 0 Å². The van der Waals surface area contributed by atoms with Gasteiger partial charge in [0.2, 0.25) is 0 Å². The molecule has 2 aliphatic rings. The molecule has 4 nitrogen and oxygen atoms in total. The fourth-order valence-corrected chi connectivity index (χ4v) is 3.61. The van der Waals surface area contributed by atoms with E-state index in [1.165, 1.54) is 11.4 Å². The van der Waals surface area contributed by atoms with Crippen LogP contribution in [0.4, 0.5) is 11.4 Å². The van der Waals surface area contributed by atoms with Crippen LogP contribution in [-0.4, -0.2) is 24.5 Å². The van der Waals surface area contributed by atoms with Crippen molar-refractivity contribution in [1.82, 2.24) is 0 Å². The molecule has 2 atom stereocenters. The molecular weight excluding hydrogens is 296 g/mol. The molecule has 24 heavy (non-hydrogen) atoms. The summed E-state index contributed by atoms with van der Waals surface area (Å²) in [5.41, 5.74) is 4.72. The Morgan fingerprint density at radius 3 is 1.42 bits per heavy atom. The summed E-state index contributed by atoms with van der Waals surface area (Å²) in [5.74, 6) is 0.838. The quantitative estimate of drug-likeness (QED) is 0.856. The Bertz CT molecular complexity index is 699. The van der Waals surface area contributed by atoms with Crippen LogP contribution in [0.5, 0.6) is 0 Å². The van der Waals surface area contributed by atoms with Crippen molar-refractivity contribution in [2.75, 3.05) is 23.1 Å². The van der Waals surface area contributed by atoms with Crippen molar-refractivity contribution in [3.8, 4) is 0 Å². The van der Waals surface area contributed by atoms with Crippen molar-refractivity contribution in [3.05, 3.63) is 60.7 Å². The maximum absolute atomic E-state index is 4.79. The van der Waals surface area contributed by atoms with Crippen LogP contribution >= 0.6 is 0 Å². The van der Waals surface area contributed by atoms with Crippen molar-refractivity contribution >= 4 is 22.8 Å². The van der Waals surface area contributed by atoms with Gasteiger partial charge in [-0.05, 0) is 38.1 Å². The van der Waals surface area contributed by atoms with Crippen LogP contribution in [0.1, 0.15) is 13.8 Å². The van der Waals surface area contributed by atoms with Crippen molar-refractivity contribution < 1.29 is 0 Å².